The molecule has 1 aliphatic heterocycles. The average Bonchev–Trinajstić information content (AvgIpc) is 2.54. The second-order valence-corrected chi connectivity index (χ2v) is 8.22. The highest BCUT2D eigenvalue weighted by atomic mass is 127. The molecular weight excluding hydrogens is 501 g/mol. The van der Waals surface area contributed by atoms with Gasteiger partial charge in [-0.25, -0.2) is 0 Å². The molecule has 4 nitrogen and oxygen atoms in total. The molecule has 1 saturated heterocycles. The highest BCUT2D eigenvalue weighted by molar-refractivity contribution is 14.0. The van der Waals surface area contributed by atoms with E-state index in [-0.39, 0.29) is 30.1 Å². The molecule has 0 radical (unpaired) electrons. The lowest BCUT2D eigenvalue weighted by Gasteiger charge is -2.32. The Bertz CT molecular complexity index is 507. The van der Waals surface area contributed by atoms with Crippen molar-refractivity contribution in [1.29, 1.82) is 0 Å². The molecule has 2 N–H and O–H groups in total. The van der Waals surface area contributed by atoms with Crippen molar-refractivity contribution in [2.75, 3.05) is 26.2 Å². The van der Waals surface area contributed by atoms with E-state index in [1.807, 2.05) is 11.8 Å². The summed E-state index contributed by atoms with van der Waals surface area (Å²) in [5, 5.41) is 13.4. The highest BCUT2D eigenvalue weighted by Crippen LogP contribution is 2.25. The van der Waals surface area contributed by atoms with Crippen LogP contribution >= 0.6 is 51.7 Å². The molecule has 1 atom stereocenters. The van der Waals surface area contributed by atoms with E-state index in [1.165, 1.54) is 4.90 Å². The maximum atomic E-state index is 9.65. The summed E-state index contributed by atoms with van der Waals surface area (Å²) >= 11 is 5.31. The number of piperidine rings is 1. The molecule has 7 heteroatoms. The molecular formula is C17H27BrIN3OS. The minimum absolute atomic E-state index is 0. The Kier molecular flexibility index (Phi) is 10.7. The summed E-state index contributed by atoms with van der Waals surface area (Å²) in [6.45, 7) is 7.70. The van der Waals surface area contributed by atoms with E-state index in [0.29, 0.717) is 5.25 Å². The molecule has 1 aromatic carbocycles. The summed E-state index contributed by atoms with van der Waals surface area (Å²) in [6, 6.07) is 8.40. The molecule has 1 heterocycles. The largest absolute Gasteiger partial charge is 0.393 e. The number of aliphatic imine (C=N–C) groups is 1. The maximum absolute atomic E-state index is 9.65. The average molecular weight is 528 g/mol. The second kappa shape index (κ2) is 11.6. The summed E-state index contributed by atoms with van der Waals surface area (Å²) in [4.78, 5) is 8.32. The first-order valence-electron chi connectivity index (χ1n) is 8.22. The molecule has 2 rings (SSSR count). The molecule has 0 saturated carbocycles. The summed E-state index contributed by atoms with van der Waals surface area (Å²) in [6.07, 6.45) is 1.50. The number of hydrogen-bond acceptors (Lipinski definition) is 3. The molecule has 1 unspecified atom stereocenters. The third-order valence-electron chi connectivity index (χ3n) is 3.75. The topological polar surface area (TPSA) is 47.9 Å². The Morgan fingerprint density at radius 2 is 2.00 bits per heavy atom. The lowest BCUT2D eigenvalue weighted by Crippen LogP contribution is -2.46. The lowest BCUT2D eigenvalue weighted by atomic mass is 10.1. The smallest absolute Gasteiger partial charge is 0.193 e. The Labute approximate surface area is 175 Å². The molecule has 0 spiro atoms. The van der Waals surface area contributed by atoms with Crippen LogP contribution in [-0.4, -0.2) is 53.5 Å². The van der Waals surface area contributed by atoms with Gasteiger partial charge in [0.2, 0.25) is 0 Å². The minimum atomic E-state index is -0.152. The van der Waals surface area contributed by atoms with Crippen molar-refractivity contribution in [2.24, 2.45) is 4.99 Å². The van der Waals surface area contributed by atoms with Crippen LogP contribution in [0.25, 0.3) is 0 Å². The third-order valence-corrected chi connectivity index (χ3v) is 5.37. The number of likely N-dealkylation sites (tertiary alicyclic amines) is 1. The van der Waals surface area contributed by atoms with E-state index < -0.39 is 0 Å². The van der Waals surface area contributed by atoms with E-state index in [4.69, 9.17) is 4.99 Å². The number of rotatable bonds is 5. The van der Waals surface area contributed by atoms with Crippen molar-refractivity contribution in [1.82, 2.24) is 10.2 Å². The van der Waals surface area contributed by atoms with Crippen molar-refractivity contribution in [3.05, 3.63) is 28.7 Å². The molecule has 0 aliphatic carbocycles. The van der Waals surface area contributed by atoms with Gasteiger partial charge in [-0.3, -0.25) is 4.99 Å². The summed E-state index contributed by atoms with van der Waals surface area (Å²) < 4.78 is 1.11. The van der Waals surface area contributed by atoms with Crippen LogP contribution in [-0.2, 0) is 0 Å². The first kappa shape index (κ1) is 22.1. The SMILES string of the molecule is CCNC(=NCC(C)Sc1ccc(Br)cc1)N1CCC(O)CC1.I. The van der Waals surface area contributed by atoms with E-state index in [9.17, 15) is 5.11 Å². The number of hydrogen-bond donors (Lipinski definition) is 2. The van der Waals surface area contributed by atoms with Crippen LogP contribution in [0.5, 0.6) is 0 Å². The van der Waals surface area contributed by atoms with Gasteiger partial charge >= 0.3 is 0 Å². The Balaban J connectivity index is 0.00000288. The third kappa shape index (κ3) is 7.49. The van der Waals surface area contributed by atoms with Gasteiger partial charge in [-0.2, -0.15) is 0 Å². The zero-order chi connectivity index (χ0) is 16.7. The fraction of sp³-hybridized carbons (Fsp3) is 0.588. The fourth-order valence-corrected chi connectivity index (χ4v) is 3.67. The van der Waals surface area contributed by atoms with Crippen LogP contribution < -0.4 is 5.32 Å². The van der Waals surface area contributed by atoms with Crippen LogP contribution in [0.15, 0.2) is 38.6 Å². The van der Waals surface area contributed by atoms with Crippen LogP contribution in [0.2, 0.25) is 0 Å². The molecule has 0 bridgehead atoms. The predicted molar refractivity (Wildman–Crippen MR) is 118 cm³/mol. The van der Waals surface area contributed by atoms with Gasteiger partial charge in [0.05, 0.1) is 12.6 Å². The van der Waals surface area contributed by atoms with Gasteiger partial charge < -0.3 is 15.3 Å². The molecule has 0 amide bonds. The van der Waals surface area contributed by atoms with Crippen molar-refractivity contribution < 1.29 is 5.11 Å². The van der Waals surface area contributed by atoms with E-state index in [1.54, 1.807) is 0 Å². The van der Waals surface area contributed by atoms with Gasteiger partial charge in [0.15, 0.2) is 5.96 Å². The van der Waals surface area contributed by atoms with Gasteiger partial charge in [0, 0.05) is 34.3 Å². The van der Waals surface area contributed by atoms with Crippen LogP contribution in [0.1, 0.15) is 26.7 Å². The Hall–Kier alpha value is 0.01000. The number of aliphatic hydroxyl groups is 1. The number of benzene rings is 1. The normalized spacial score (nSPS) is 17.3. The predicted octanol–water partition coefficient (Wildman–Crippen LogP) is 3.97. The van der Waals surface area contributed by atoms with E-state index in [0.717, 1.165) is 49.5 Å². The number of nitrogens with zero attached hydrogens (tertiary/aromatic N) is 2. The van der Waals surface area contributed by atoms with Crippen molar-refractivity contribution in [3.8, 4) is 0 Å². The highest BCUT2D eigenvalue weighted by Gasteiger charge is 2.19. The molecule has 1 fully saturated rings. The summed E-state index contributed by atoms with van der Waals surface area (Å²) in [5.74, 6) is 0.975. The summed E-state index contributed by atoms with van der Waals surface area (Å²) in [7, 11) is 0. The van der Waals surface area contributed by atoms with Gasteiger partial charge in [-0.05, 0) is 44.0 Å². The first-order valence-corrected chi connectivity index (χ1v) is 9.89. The number of aliphatic hydroxyl groups excluding tert-OH is 1. The summed E-state index contributed by atoms with van der Waals surface area (Å²) in [5.41, 5.74) is 0. The Morgan fingerprint density at radius 1 is 1.38 bits per heavy atom. The Morgan fingerprint density at radius 3 is 2.58 bits per heavy atom. The van der Waals surface area contributed by atoms with Crippen LogP contribution in [0, 0.1) is 0 Å². The first-order chi connectivity index (χ1) is 11.1. The van der Waals surface area contributed by atoms with Crippen molar-refractivity contribution in [3.63, 3.8) is 0 Å². The monoisotopic (exact) mass is 527 g/mol. The van der Waals surface area contributed by atoms with Gasteiger partial charge in [-0.1, -0.05) is 22.9 Å². The fourth-order valence-electron chi connectivity index (χ4n) is 2.50. The van der Waals surface area contributed by atoms with Gasteiger partial charge in [-0.15, -0.1) is 35.7 Å². The number of nitrogens with one attached hydrogen (secondary N) is 1. The quantitative estimate of drug-likeness (QED) is 0.263. The maximum Gasteiger partial charge on any atom is 0.193 e. The number of thioether (sulfide) groups is 1. The van der Waals surface area contributed by atoms with Crippen molar-refractivity contribution >= 4 is 57.6 Å². The molecule has 24 heavy (non-hydrogen) atoms. The molecule has 136 valence electrons. The zero-order valence-corrected chi connectivity index (χ0v) is 19.0. The zero-order valence-electron chi connectivity index (χ0n) is 14.2. The lowest BCUT2D eigenvalue weighted by molar-refractivity contribution is 0.108. The van der Waals surface area contributed by atoms with Gasteiger partial charge in [0.1, 0.15) is 0 Å². The number of guanidine groups is 1. The number of halogens is 2. The van der Waals surface area contributed by atoms with Crippen LogP contribution in [0.4, 0.5) is 0 Å². The standard InChI is InChI=1S/C17H26BrN3OS.HI/c1-3-19-17(21-10-8-15(22)9-11-21)20-12-13(2)23-16-6-4-14(18)5-7-16;/h4-7,13,15,22H,3,8-12H2,1-2H3,(H,19,20);1H. The molecule has 0 aromatic heterocycles. The molecule has 1 aromatic rings. The molecule has 1 aliphatic rings. The second-order valence-electron chi connectivity index (χ2n) is 5.80. The van der Waals surface area contributed by atoms with Gasteiger partial charge in [0.25, 0.3) is 0 Å². The van der Waals surface area contributed by atoms with Crippen LogP contribution in [0.3, 0.4) is 0 Å². The minimum Gasteiger partial charge on any atom is -0.393 e. The van der Waals surface area contributed by atoms with Crippen molar-refractivity contribution in [2.45, 2.75) is 42.9 Å². The van der Waals surface area contributed by atoms with E-state index >= 15 is 0 Å². The van der Waals surface area contributed by atoms with E-state index in [2.05, 4.69) is 64.3 Å².